The molecule has 0 saturated carbocycles. The molecule has 5 nitrogen and oxygen atoms in total. The predicted molar refractivity (Wildman–Crippen MR) is 95.8 cm³/mol. The van der Waals surface area contributed by atoms with Gasteiger partial charge in [-0.05, 0) is 42.3 Å². The number of hydrogen-bond donors (Lipinski definition) is 0. The van der Waals surface area contributed by atoms with E-state index in [0.717, 1.165) is 25.3 Å². The summed E-state index contributed by atoms with van der Waals surface area (Å²) in [5.74, 6) is 2.42. The van der Waals surface area contributed by atoms with Crippen LogP contribution in [0.25, 0.3) is 0 Å². The van der Waals surface area contributed by atoms with E-state index < -0.39 is 0 Å². The fourth-order valence-electron chi connectivity index (χ4n) is 3.24. The Morgan fingerprint density at radius 1 is 0.960 bits per heavy atom. The Bertz CT molecular complexity index is 742. The molecule has 0 aromatic heterocycles. The molecule has 1 saturated heterocycles. The minimum Gasteiger partial charge on any atom is -0.497 e. The molecule has 1 atom stereocenters. The number of likely N-dealkylation sites (tertiary alicyclic amines) is 1. The summed E-state index contributed by atoms with van der Waals surface area (Å²) in [6.07, 6.45) is 0.964. The van der Waals surface area contributed by atoms with Crippen molar-refractivity contribution in [2.75, 3.05) is 34.4 Å². The predicted octanol–water partition coefficient (Wildman–Crippen LogP) is 3.34. The summed E-state index contributed by atoms with van der Waals surface area (Å²) in [5, 5.41) is 0. The van der Waals surface area contributed by atoms with Crippen LogP contribution in [-0.4, -0.2) is 45.2 Å². The summed E-state index contributed by atoms with van der Waals surface area (Å²) >= 11 is 0. The minimum absolute atomic E-state index is 0.0250. The van der Waals surface area contributed by atoms with Crippen molar-refractivity contribution in [3.8, 4) is 17.2 Å². The molecule has 0 spiro atoms. The quantitative estimate of drug-likeness (QED) is 0.837. The van der Waals surface area contributed by atoms with Gasteiger partial charge >= 0.3 is 0 Å². The van der Waals surface area contributed by atoms with Crippen molar-refractivity contribution in [3.63, 3.8) is 0 Å². The van der Waals surface area contributed by atoms with Crippen LogP contribution in [0.3, 0.4) is 0 Å². The Kier molecular flexibility index (Phi) is 5.12. The van der Waals surface area contributed by atoms with Crippen LogP contribution in [0.5, 0.6) is 17.2 Å². The molecule has 2 aromatic carbocycles. The van der Waals surface area contributed by atoms with Crippen LogP contribution >= 0.6 is 0 Å². The first-order valence-corrected chi connectivity index (χ1v) is 8.31. The zero-order valence-electron chi connectivity index (χ0n) is 14.8. The van der Waals surface area contributed by atoms with Crippen LogP contribution in [0.1, 0.15) is 28.3 Å². The number of methoxy groups -OCH3 is 3. The maximum Gasteiger partial charge on any atom is 0.254 e. The average molecular weight is 341 g/mol. The summed E-state index contributed by atoms with van der Waals surface area (Å²) < 4.78 is 15.7. The molecule has 0 aliphatic carbocycles. The molecular weight excluding hydrogens is 318 g/mol. The summed E-state index contributed by atoms with van der Waals surface area (Å²) in [7, 11) is 4.81. The standard InChI is InChI=1S/C20H23NO4/c1-23-17-7-4-14(5-8-17)16-10-11-21(13-16)20(22)15-6-9-18(24-2)19(12-15)25-3/h4-9,12,16H,10-11,13H2,1-3H3/t16-/m0/s1. The Balaban J connectivity index is 1.71. The van der Waals surface area contributed by atoms with Crippen molar-refractivity contribution >= 4 is 5.91 Å². The molecule has 132 valence electrons. The molecule has 1 fully saturated rings. The maximum absolute atomic E-state index is 12.8. The number of amides is 1. The van der Waals surface area contributed by atoms with Crippen molar-refractivity contribution < 1.29 is 19.0 Å². The van der Waals surface area contributed by atoms with Crippen LogP contribution in [0.15, 0.2) is 42.5 Å². The lowest BCUT2D eigenvalue weighted by Crippen LogP contribution is -2.28. The third kappa shape index (κ3) is 3.55. The molecule has 0 radical (unpaired) electrons. The molecule has 0 bridgehead atoms. The molecule has 25 heavy (non-hydrogen) atoms. The molecule has 1 aliphatic heterocycles. The van der Waals surface area contributed by atoms with Gasteiger partial charge in [-0.2, -0.15) is 0 Å². The number of benzene rings is 2. The monoisotopic (exact) mass is 341 g/mol. The summed E-state index contributed by atoms with van der Waals surface area (Å²) in [6.45, 7) is 1.48. The topological polar surface area (TPSA) is 48.0 Å². The number of nitrogens with zero attached hydrogens (tertiary/aromatic N) is 1. The van der Waals surface area contributed by atoms with Crippen LogP contribution in [-0.2, 0) is 0 Å². The van der Waals surface area contributed by atoms with Gasteiger partial charge in [0.15, 0.2) is 11.5 Å². The van der Waals surface area contributed by atoms with Gasteiger partial charge in [-0.1, -0.05) is 12.1 Å². The first-order valence-electron chi connectivity index (χ1n) is 8.31. The van der Waals surface area contributed by atoms with E-state index >= 15 is 0 Å². The van der Waals surface area contributed by atoms with E-state index in [0.29, 0.717) is 23.0 Å². The molecule has 1 amide bonds. The van der Waals surface area contributed by atoms with E-state index in [-0.39, 0.29) is 5.91 Å². The third-order valence-electron chi connectivity index (χ3n) is 4.69. The summed E-state index contributed by atoms with van der Waals surface area (Å²) in [4.78, 5) is 14.7. The van der Waals surface area contributed by atoms with E-state index in [1.807, 2.05) is 17.0 Å². The van der Waals surface area contributed by atoms with Crippen molar-refractivity contribution in [1.29, 1.82) is 0 Å². The largest absolute Gasteiger partial charge is 0.497 e. The van der Waals surface area contributed by atoms with E-state index in [1.165, 1.54) is 5.56 Å². The smallest absolute Gasteiger partial charge is 0.254 e. The van der Waals surface area contributed by atoms with Gasteiger partial charge in [0.2, 0.25) is 0 Å². The molecule has 1 aliphatic rings. The van der Waals surface area contributed by atoms with Crippen molar-refractivity contribution in [1.82, 2.24) is 4.90 Å². The van der Waals surface area contributed by atoms with E-state index in [2.05, 4.69) is 12.1 Å². The first kappa shape index (κ1) is 17.1. The molecule has 5 heteroatoms. The number of hydrogen-bond acceptors (Lipinski definition) is 4. The van der Waals surface area contributed by atoms with E-state index in [1.54, 1.807) is 39.5 Å². The van der Waals surface area contributed by atoms with Crippen molar-refractivity contribution in [2.45, 2.75) is 12.3 Å². The average Bonchev–Trinajstić information content (AvgIpc) is 3.17. The normalized spacial score (nSPS) is 16.6. The maximum atomic E-state index is 12.8. The Morgan fingerprint density at radius 2 is 1.68 bits per heavy atom. The van der Waals surface area contributed by atoms with Crippen molar-refractivity contribution in [2.24, 2.45) is 0 Å². The molecule has 3 rings (SSSR count). The number of ether oxygens (including phenoxy) is 3. The highest BCUT2D eigenvalue weighted by Crippen LogP contribution is 2.31. The highest BCUT2D eigenvalue weighted by Gasteiger charge is 2.28. The SMILES string of the molecule is COc1ccc([C@H]2CCN(C(=O)c3ccc(OC)c(OC)c3)C2)cc1. The second kappa shape index (κ2) is 7.47. The van der Waals surface area contributed by atoms with Crippen LogP contribution in [0.2, 0.25) is 0 Å². The van der Waals surface area contributed by atoms with Crippen molar-refractivity contribution in [3.05, 3.63) is 53.6 Å². The van der Waals surface area contributed by atoms with Gasteiger partial charge in [0.1, 0.15) is 5.75 Å². The lowest BCUT2D eigenvalue weighted by atomic mass is 9.98. The van der Waals surface area contributed by atoms with Gasteiger partial charge in [0.25, 0.3) is 5.91 Å². The number of rotatable bonds is 5. The second-order valence-electron chi connectivity index (χ2n) is 6.08. The van der Waals surface area contributed by atoms with Crippen LogP contribution in [0.4, 0.5) is 0 Å². The zero-order chi connectivity index (χ0) is 17.8. The van der Waals surface area contributed by atoms with Gasteiger partial charge in [-0.3, -0.25) is 4.79 Å². The van der Waals surface area contributed by atoms with Gasteiger partial charge in [-0.25, -0.2) is 0 Å². The van der Waals surface area contributed by atoms with Crippen LogP contribution in [0, 0.1) is 0 Å². The van der Waals surface area contributed by atoms with Gasteiger partial charge in [-0.15, -0.1) is 0 Å². The van der Waals surface area contributed by atoms with Crippen LogP contribution < -0.4 is 14.2 Å². The fourth-order valence-corrected chi connectivity index (χ4v) is 3.24. The molecule has 0 N–H and O–H groups in total. The third-order valence-corrected chi connectivity index (χ3v) is 4.69. The highest BCUT2D eigenvalue weighted by molar-refractivity contribution is 5.95. The lowest BCUT2D eigenvalue weighted by molar-refractivity contribution is 0.0790. The Morgan fingerprint density at radius 3 is 2.32 bits per heavy atom. The summed E-state index contributed by atoms with van der Waals surface area (Å²) in [5.41, 5.74) is 1.86. The van der Waals surface area contributed by atoms with Gasteiger partial charge < -0.3 is 19.1 Å². The van der Waals surface area contributed by atoms with Gasteiger partial charge in [0.05, 0.1) is 21.3 Å². The lowest BCUT2D eigenvalue weighted by Gasteiger charge is -2.18. The molecule has 1 heterocycles. The van der Waals surface area contributed by atoms with E-state index in [4.69, 9.17) is 14.2 Å². The highest BCUT2D eigenvalue weighted by atomic mass is 16.5. The molecule has 2 aromatic rings. The summed E-state index contributed by atoms with van der Waals surface area (Å²) in [6, 6.07) is 13.4. The molecular formula is C20H23NO4. The van der Waals surface area contributed by atoms with E-state index in [9.17, 15) is 4.79 Å². The number of carbonyl (C=O) groups is 1. The molecule has 0 unspecified atom stereocenters. The fraction of sp³-hybridized carbons (Fsp3) is 0.350. The second-order valence-corrected chi connectivity index (χ2v) is 6.08. The Hall–Kier alpha value is -2.69. The minimum atomic E-state index is 0.0250. The zero-order valence-corrected chi connectivity index (χ0v) is 14.8. The number of carbonyl (C=O) groups excluding carboxylic acids is 1. The van der Waals surface area contributed by atoms with Gasteiger partial charge in [0, 0.05) is 24.6 Å². The first-order chi connectivity index (χ1) is 12.2. The Labute approximate surface area is 148 Å².